The van der Waals surface area contributed by atoms with Gasteiger partial charge in [0.05, 0.1) is 0 Å². The van der Waals surface area contributed by atoms with Crippen LogP contribution in [0, 0.1) is 6.92 Å². The molecule has 4 rings (SSSR count). The summed E-state index contributed by atoms with van der Waals surface area (Å²) in [6, 6.07) is 17.1. The van der Waals surface area contributed by atoms with Crippen LogP contribution >= 0.6 is 0 Å². The molecular formula is C22H31N5. The number of aromatic nitrogens is 1. The van der Waals surface area contributed by atoms with Crippen LogP contribution < -0.4 is 9.80 Å². The molecule has 1 aromatic carbocycles. The number of piperazine rings is 2. The van der Waals surface area contributed by atoms with E-state index < -0.39 is 0 Å². The van der Waals surface area contributed by atoms with E-state index in [0.717, 1.165) is 50.8 Å². The highest BCUT2D eigenvalue weighted by Crippen LogP contribution is 2.16. The molecule has 5 nitrogen and oxygen atoms in total. The summed E-state index contributed by atoms with van der Waals surface area (Å²) in [6.45, 7) is 13.5. The van der Waals surface area contributed by atoms with E-state index in [4.69, 9.17) is 0 Å². The van der Waals surface area contributed by atoms with Gasteiger partial charge in [-0.1, -0.05) is 24.3 Å². The molecule has 0 N–H and O–H groups in total. The summed E-state index contributed by atoms with van der Waals surface area (Å²) in [5.41, 5.74) is 2.46. The van der Waals surface area contributed by atoms with Crippen molar-refractivity contribution in [1.29, 1.82) is 0 Å². The summed E-state index contributed by atoms with van der Waals surface area (Å²) in [4.78, 5) is 14.8. The molecule has 2 saturated heterocycles. The van der Waals surface area contributed by atoms with Gasteiger partial charge in [-0.05, 0) is 31.2 Å². The van der Waals surface area contributed by atoms with Crippen LogP contribution in [0.25, 0.3) is 0 Å². The fourth-order valence-corrected chi connectivity index (χ4v) is 4.06. The fourth-order valence-electron chi connectivity index (χ4n) is 4.06. The number of hydrogen-bond acceptors (Lipinski definition) is 5. The van der Waals surface area contributed by atoms with Crippen LogP contribution in [-0.4, -0.2) is 80.2 Å². The average Bonchev–Trinajstić information content (AvgIpc) is 2.74. The number of nitrogens with zero attached hydrogens (tertiary/aromatic N) is 5. The maximum Gasteiger partial charge on any atom is 0.128 e. The third kappa shape index (κ3) is 4.79. The van der Waals surface area contributed by atoms with Gasteiger partial charge in [-0.3, -0.25) is 9.80 Å². The number of benzene rings is 1. The minimum absolute atomic E-state index is 1.08. The Balaban J connectivity index is 1.18. The van der Waals surface area contributed by atoms with Gasteiger partial charge in [-0.25, -0.2) is 4.98 Å². The molecule has 5 heteroatoms. The lowest BCUT2D eigenvalue weighted by Gasteiger charge is -2.39. The Morgan fingerprint density at radius 3 is 1.85 bits per heavy atom. The lowest BCUT2D eigenvalue weighted by molar-refractivity contribution is 0.190. The van der Waals surface area contributed by atoms with Gasteiger partial charge in [-0.2, -0.15) is 0 Å². The van der Waals surface area contributed by atoms with Gasteiger partial charge in [0, 0.05) is 76.8 Å². The third-order valence-corrected chi connectivity index (χ3v) is 5.80. The Bertz CT molecular complexity index is 704. The standard InChI is InChI=1S/C22H31N5/c1-20-6-5-9-22(23-20)27-18-14-25(15-19-27)11-10-24-12-16-26(17-13-24)21-7-3-2-4-8-21/h2-9H,10-19H2,1H3. The van der Waals surface area contributed by atoms with E-state index in [1.807, 2.05) is 0 Å². The normalized spacial score (nSPS) is 19.4. The zero-order chi connectivity index (χ0) is 18.5. The smallest absolute Gasteiger partial charge is 0.128 e. The van der Waals surface area contributed by atoms with Crippen LogP contribution in [0.1, 0.15) is 5.69 Å². The van der Waals surface area contributed by atoms with Crippen molar-refractivity contribution in [3.8, 4) is 0 Å². The van der Waals surface area contributed by atoms with Crippen LogP contribution in [0.15, 0.2) is 48.5 Å². The summed E-state index contributed by atoms with van der Waals surface area (Å²) in [6.07, 6.45) is 0. The molecule has 0 atom stereocenters. The minimum atomic E-state index is 1.08. The van der Waals surface area contributed by atoms with Gasteiger partial charge < -0.3 is 9.80 Å². The SMILES string of the molecule is Cc1cccc(N2CCN(CCN3CCN(c4ccccc4)CC3)CC2)n1. The quantitative estimate of drug-likeness (QED) is 0.810. The Morgan fingerprint density at radius 1 is 0.667 bits per heavy atom. The van der Waals surface area contributed by atoms with Crippen LogP contribution in [-0.2, 0) is 0 Å². The fraction of sp³-hybridized carbons (Fsp3) is 0.500. The van der Waals surface area contributed by atoms with E-state index in [1.54, 1.807) is 0 Å². The molecule has 2 aromatic rings. The monoisotopic (exact) mass is 365 g/mol. The molecule has 0 unspecified atom stereocenters. The van der Waals surface area contributed by atoms with Crippen LogP contribution in [0.4, 0.5) is 11.5 Å². The van der Waals surface area contributed by atoms with Crippen molar-refractivity contribution >= 4 is 11.5 Å². The highest BCUT2D eigenvalue weighted by molar-refractivity contribution is 5.46. The van der Waals surface area contributed by atoms with Gasteiger partial charge in [-0.15, -0.1) is 0 Å². The van der Waals surface area contributed by atoms with Gasteiger partial charge in [0.15, 0.2) is 0 Å². The molecule has 2 fully saturated rings. The number of pyridine rings is 1. The van der Waals surface area contributed by atoms with Gasteiger partial charge >= 0.3 is 0 Å². The van der Waals surface area contributed by atoms with Crippen molar-refractivity contribution in [1.82, 2.24) is 14.8 Å². The topological polar surface area (TPSA) is 25.9 Å². The zero-order valence-corrected chi connectivity index (χ0v) is 16.4. The van der Waals surface area contributed by atoms with Gasteiger partial charge in [0.1, 0.15) is 5.82 Å². The molecule has 0 spiro atoms. The maximum atomic E-state index is 4.67. The van der Waals surface area contributed by atoms with Crippen molar-refractivity contribution in [3.05, 3.63) is 54.2 Å². The molecule has 1 aromatic heterocycles. The maximum absolute atomic E-state index is 4.67. The largest absolute Gasteiger partial charge is 0.369 e. The summed E-state index contributed by atoms with van der Waals surface area (Å²) >= 11 is 0. The van der Waals surface area contributed by atoms with E-state index in [2.05, 4.69) is 80.0 Å². The Morgan fingerprint density at radius 2 is 1.26 bits per heavy atom. The molecule has 144 valence electrons. The predicted octanol–water partition coefficient (Wildman–Crippen LogP) is 2.33. The second-order valence-electron chi connectivity index (χ2n) is 7.63. The highest BCUT2D eigenvalue weighted by atomic mass is 15.3. The van der Waals surface area contributed by atoms with Crippen molar-refractivity contribution in [3.63, 3.8) is 0 Å². The van der Waals surface area contributed by atoms with Crippen molar-refractivity contribution in [2.75, 3.05) is 75.2 Å². The zero-order valence-electron chi connectivity index (χ0n) is 16.4. The summed E-state index contributed by atoms with van der Waals surface area (Å²) in [5, 5.41) is 0. The first-order valence-electron chi connectivity index (χ1n) is 10.2. The Labute approximate surface area is 163 Å². The molecule has 0 amide bonds. The summed E-state index contributed by atoms with van der Waals surface area (Å²) < 4.78 is 0. The second-order valence-corrected chi connectivity index (χ2v) is 7.63. The summed E-state index contributed by atoms with van der Waals surface area (Å²) in [7, 11) is 0. The average molecular weight is 366 g/mol. The molecular weight excluding hydrogens is 334 g/mol. The van der Waals surface area contributed by atoms with E-state index in [0.29, 0.717) is 0 Å². The number of aryl methyl sites for hydroxylation is 1. The highest BCUT2D eigenvalue weighted by Gasteiger charge is 2.20. The third-order valence-electron chi connectivity index (χ3n) is 5.80. The molecule has 0 saturated carbocycles. The van der Waals surface area contributed by atoms with E-state index >= 15 is 0 Å². The van der Waals surface area contributed by atoms with E-state index in [1.165, 1.54) is 31.9 Å². The number of para-hydroxylation sites is 1. The van der Waals surface area contributed by atoms with Crippen molar-refractivity contribution < 1.29 is 0 Å². The molecule has 2 aliphatic heterocycles. The molecule has 27 heavy (non-hydrogen) atoms. The van der Waals surface area contributed by atoms with Crippen LogP contribution in [0.5, 0.6) is 0 Å². The summed E-state index contributed by atoms with van der Waals surface area (Å²) in [5.74, 6) is 1.13. The van der Waals surface area contributed by atoms with E-state index in [-0.39, 0.29) is 0 Å². The Kier molecular flexibility index (Phi) is 5.90. The Hall–Kier alpha value is -2.11. The molecule has 3 heterocycles. The lowest BCUT2D eigenvalue weighted by atomic mass is 10.2. The predicted molar refractivity (Wildman–Crippen MR) is 113 cm³/mol. The number of hydrogen-bond donors (Lipinski definition) is 0. The first kappa shape index (κ1) is 18.3. The van der Waals surface area contributed by atoms with E-state index in [9.17, 15) is 0 Å². The van der Waals surface area contributed by atoms with Crippen molar-refractivity contribution in [2.24, 2.45) is 0 Å². The second kappa shape index (κ2) is 8.72. The molecule has 0 bridgehead atoms. The van der Waals surface area contributed by atoms with Gasteiger partial charge in [0.25, 0.3) is 0 Å². The number of anilines is 2. The van der Waals surface area contributed by atoms with Crippen molar-refractivity contribution in [2.45, 2.75) is 6.92 Å². The molecule has 2 aliphatic rings. The minimum Gasteiger partial charge on any atom is -0.369 e. The van der Waals surface area contributed by atoms with Crippen LogP contribution in [0.2, 0.25) is 0 Å². The molecule has 0 aliphatic carbocycles. The molecule has 0 radical (unpaired) electrons. The lowest BCUT2D eigenvalue weighted by Crippen LogP contribution is -2.51. The van der Waals surface area contributed by atoms with Crippen LogP contribution in [0.3, 0.4) is 0 Å². The first-order chi connectivity index (χ1) is 13.3. The number of rotatable bonds is 5. The van der Waals surface area contributed by atoms with Gasteiger partial charge in [0.2, 0.25) is 0 Å². The first-order valence-corrected chi connectivity index (χ1v) is 10.2.